The van der Waals surface area contributed by atoms with Crippen LogP contribution in [-0.2, 0) is 19.1 Å². The number of nitrogens with zero attached hydrogens (tertiary/aromatic N) is 1. The Morgan fingerprint density at radius 1 is 1.47 bits per heavy atom. The predicted octanol–water partition coefficient (Wildman–Crippen LogP) is 0.563. The van der Waals surface area contributed by atoms with Crippen LogP contribution in [0.4, 0.5) is 0 Å². The monoisotopic (exact) mass is 238 g/mol. The third-order valence-corrected chi connectivity index (χ3v) is 2.35. The van der Waals surface area contributed by atoms with Crippen molar-refractivity contribution in [1.29, 1.82) is 0 Å². The molecule has 1 aromatic heterocycles. The van der Waals surface area contributed by atoms with E-state index in [1.807, 2.05) is 19.1 Å². The smallest absolute Gasteiger partial charge is 0.300 e. The van der Waals surface area contributed by atoms with E-state index >= 15 is 0 Å². The Hall–Kier alpha value is -1.50. The average molecular weight is 238 g/mol. The molecular weight excluding hydrogens is 224 g/mol. The molecule has 2 heterocycles. The Bertz CT molecular complexity index is 365. The van der Waals surface area contributed by atoms with Crippen molar-refractivity contribution in [3.63, 3.8) is 0 Å². The quantitative estimate of drug-likeness (QED) is 0.776. The van der Waals surface area contributed by atoms with E-state index in [9.17, 15) is 4.79 Å². The van der Waals surface area contributed by atoms with Gasteiger partial charge in [-0.3, -0.25) is 14.6 Å². The molecule has 1 aliphatic heterocycles. The largest absolute Gasteiger partial charge is 0.342 e. The number of carbonyl (C=O) groups excluding carboxylic acids is 1. The summed E-state index contributed by atoms with van der Waals surface area (Å²) in [6, 6.07) is 3.64. The molecule has 0 aromatic carbocycles. The molecule has 1 fully saturated rings. The first-order chi connectivity index (χ1) is 8.27. The van der Waals surface area contributed by atoms with Gasteiger partial charge in [-0.25, -0.2) is 5.48 Å². The molecule has 0 bridgehead atoms. The van der Waals surface area contributed by atoms with Gasteiger partial charge in [0.25, 0.3) is 5.91 Å². The highest BCUT2D eigenvalue weighted by atomic mass is 16.7. The lowest BCUT2D eigenvalue weighted by Gasteiger charge is -2.15. The molecule has 0 radical (unpaired) electrons. The van der Waals surface area contributed by atoms with E-state index in [1.165, 1.54) is 0 Å². The first-order valence-electron chi connectivity index (χ1n) is 5.36. The predicted molar refractivity (Wildman–Crippen MR) is 57.6 cm³/mol. The summed E-state index contributed by atoms with van der Waals surface area (Å²) in [5.41, 5.74) is 3.24. The summed E-state index contributed by atoms with van der Waals surface area (Å²) in [5, 5.41) is 0. The van der Waals surface area contributed by atoms with Crippen molar-refractivity contribution in [2.45, 2.75) is 19.3 Å². The molecule has 6 heteroatoms. The van der Waals surface area contributed by atoms with Crippen LogP contribution in [0.3, 0.4) is 0 Å². The molecule has 1 N–H and O–H groups in total. The molecule has 0 unspecified atom stereocenters. The van der Waals surface area contributed by atoms with Gasteiger partial charge in [0.15, 0.2) is 0 Å². The van der Waals surface area contributed by atoms with E-state index in [0.717, 1.165) is 5.56 Å². The SMILES string of the molecule is C[C@H](ONC(=O)C1OCCO1)c1ccncc1. The fourth-order valence-corrected chi connectivity index (χ4v) is 1.41. The molecule has 1 atom stereocenters. The van der Waals surface area contributed by atoms with Crippen LogP contribution in [0.15, 0.2) is 24.5 Å². The highest BCUT2D eigenvalue weighted by Crippen LogP contribution is 2.14. The summed E-state index contributed by atoms with van der Waals surface area (Å²) >= 11 is 0. The zero-order chi connectivity index (χ0) is 12.1. The molecule has 0 saturated carbocycles. The molecule has 6 nitrogen and oxygen atoms in total. The Morgan fingerprint density at radius 3 is 2.76 bits per heavy atom. The lowest BCUT2D eigenvalue weighted by atomic mass is 10.2. The number of amides is 1. The number of hydrogen-bond acceptors (Lipinski definition) is 5. The molecule has 1 saturated heterocycles. The summed E-state index contributed by atoms with van der Waals surface area (Å²) in [7, 11) is 0. The van der Waals surface area contributed by atoms with E-state index in [1.54, 1.807) is 12.4 Å². The zero-order valence-electron chi connectivity index (χ0n) is 9.46. The fourth-order valence-electron chi connectivity index (χ4n) is 1.41. The number of aromatic nitrogens is 1. The van der Waals surface area contributed by atoms with Gasteiger partial charge in [-0.1, -0.05) is 0 Å². The molecule has 1 aliphatic rings. The van der Waals surface area contributed by atoms with E-state index in [2.05, 4.69) is 10.5 Å². The van der Waals surface area contributed by atoms with E-state index in [4.69, 9.17) is 14.3 Å². The van der Waals surface area contributed by atoms with Crippen molar-refractivity contribution in [3.8, 4) is 0 Å². The number of hydrogen-bond donors (Lipinski definition) is 1. The minimum atomic E-state index is -0.861. The third kappa shape index (κ3) is 3.23. The summed E-state index contributed by atoms with van der Waals surface area (Å²) in [6.07, 6.45) is 2.21. The zero-order valence-corrected chi connectivity index (χ0v) is 9.46. The maximum atomic E-state index is 11.5. The van der Waals surface area contributed by atoms with Crippen molar-refractivity contribution in [2.24, 2.45) is 0 Å². The normalized spacial score (nSPS) is 17.9. The van der Waals surface area contributed by atoms with Crippen LogP contribution in [0.25, 0.3) is 0 Å². The minimum Gasteiger partial charge on any atom is -0.342 e. The van der Waals surface area contributed by atoms with Gasteiger partial charge >= 0.3 is 0 Å². The number of ether oxygens (including phenoxy) is 2. The van der Waals surface area contributed by atoms with Gasteiger partial charge in [0.05, 0.1) is 13.2 Å². The number of pyridine rings is 1. The van der Waals surface area contributed by atoms with Crippen LogP contribution in [0, 0.1) is 0 Å². The fraction of sp³-hybridized carbons (Fsp3) is 0.455. The standard InChI is InChI=1S/C11H14N2O4/c1-8(9-2-4-12-5-3-9)17-13-10(14)11-15-6-7-16-11/h2-5,8,11H,6-7H2,1H3,(H,13,14)/t8-/m0/s1. The van der Waals surface area contributed by atoms with Gasteiger partial charge in [-0.05, 0) is 24.6 Å². The maximum Gasteiger partial charge on any atom is 0.300 e. The number of carbonyl (C=O) groups is 1. The summed E-state index contributed by atoms with van der Waals surface area (Å²) in [4.78, 5) is 20.6. The second-order valence-electron chi connectivity index (χ2n) is 3.58. The second kappa shape index (κ2) is 5.72. The first kappa shape index (κ1) is 12.0. The lowest BCUT2D eigenvalue weighted by Crippen LogP contribution is -2.35. The highest BCUT2D eigenvalue weighted by molar-refractivity contribution is 5.78. The first-order valence-corrected chi connectivity index (χ1v) is 5.36. The molecule has 1 amide bonds. The van der Waals surface area contributed by atoms with Crippen molar-refractivity contribution >= 4 is 5.91 Å². The maximum absolute atomic E-state index is 11.5. The summed E-state index contributed by atoms with van der Waals surface area (Å²) in [6.45, 7) is 2.68. The number of rotatable bonds is 4. The van der Waals surface area contributed by atoms with Crippen molar-refractivity contribution < 1.29 is 19.1 Å². The third-order valence-electron chi connectivity index (χ3n) is 2.35. The van der Waals surface area contributed by atoms with Gasteiger partial charge in [0, 0.05) is 12.4 Å². The second-order valence-corrected chi connectivity index (χ2v) is 3.58. The number of nitrogens with one attached hydrogen (secondary N) is 1. The minimum absolute atomic E-state index is 0.261. The van der Waals surface area contributed by atoms with Gasteiger partial charge in [-0.15, -0.1) is 0 Å². The van der Waals surface area contributed by atoms with Gasteiger partial charge in [0.2, 0.25) is 6.29 Å². The Kier molecular flexibility index (Phi) is 4.03. The molecule has 2 rings (SSSR count). The molecule has 0 spiro atoms. The average Bonchev–Trinajstić information content (AvgIpc) is 2.90. The van der Waals surface area contributed by atoms with Crippen molar-refractivity contribution in [3.05, 3.63) is 30.1 Å². The van der Waals surface area contributed by atoms with Crippen LogP contribution in [0.5, 0.6) is 0 Å². The van der Waals surface area contributed by atoms with Crippen molar-refractivity contribution in [1.82, 2.24) is 10.5 Å². The molecule has 17 heavy (non-hydrogen) atoms. The van der Waals surface area contributed by atoms with Gasteiger partial charge in [-0.2, -0.15) is 0 Å². The van der Waals surface area contributed by atoms with E-state index < -0.39 is 12.2 Å². The van der Waals surface area contributed by atoms with Crippen LogP contribution >= 0.6 is 0 Å². The Balaban J connectivity index is 1.80. The summed E-state index contributed by atoms with van der Waals surface area (Å²) < 4.78 is 10.1. The van der Waals surface area contributed by atoms with E-state index in [-0.39, 0.29) is 6.10 Å². The molecular formula is C11H14N2O4. The Labute approximate surface area is 98.8 Å². The molecule has 0 aliphatic carbocycles. The van der Waals surface area contributed by atoms with E-state index in [0.29, 0.717) is 13.2 Å². The topological polar surface area (TPSA) is 69.7 Å². The van der Waals surface area contributed by atoms with Crippen LogP contribution in [0.2, 0.25) is 0 Å². The highest BCUT2D eigenvalue weighted by Gasteiger charge is 2.25. The van der Waals surface area contributed by atoms with Crippen LogP contribution in [-0.4, -0.2) is 30.4 Å². The molecule has 92 valence electrons. The van der Waals surface area contributed by atoms with Crippen LogP contribution in [0.1, 0.15) is 18.6 Å². The summed E-state index contributed by atoms with van der Waals surface area (Å²) in [5.74, 6) is -0.427. The van der Waals surface area contributed by atoms with Gasteiger partial charge < -0.3 is 9.47 Å². The Morgan fingerprint density at radius 2 is 2.12 bits per heavy atom. The number of hydroxylamine groups is 1. The van der Waals surface area contributed by atoms with Crippen molar-refractivity contribution in [2.75, 3.05) is 13.2 Å². The van der Waals surface area contributed by atoms with Gasteiger partial charge in [0.1, 0.15) is 6.10 Å². The molecule has 1 aromatic rings. The van der Waals surface area contributed by atoms with Crippen LogP contribution < -0.4 is 5.48 Å². The lowest BCUT2D eigenvalue weighted by molar-refractivity contribution is -0.163.